The zero-order valence-electron chi connectivity index (χ0n) is 21.8. The summed E-state index contributed by atoms with van der Waals surface area (Å²) in [5, 5.41) is 19.5. The molecule has 0 aliphatic heterocycles. The van der Waals surface area contributed by atoms with E-state index < -0.39 is 28.9 Å². The fourth-order valence-corrected chi connectivity index (χ4v) is 2.96. The molecule has 0 bridgehead atoms. The smallest absolute Gasteiger partial charge is 0.246 e. The Hall–Kier alpha value is -3.02. The van der Waals surface area contributed by atoms with Gasteiger partial charge in [-0.1, -0.05) is 26.0 Å². The topological polar surface area (TPSA) is 155 Å². The van der Waals surface area contributed by atoms with Crippen molar-refractivity contribution in [1.82, 2.24) is 16.0 Å². The van der Waals surface area contributed by atoms with Crippen LogP contribution in [0.5, 0.6) is 0 Å². The van der Waals surface area contributed by atoms with Gasteiger partial charge in [0.25, 0.3) is 0 Å². The molecule has 0 saturated heterocycles. The lowest BCUT2D eigenvalue weighted by Gasteiger charge is -2.25. The number of hydrogen-bond donors (Lipinski definition) is 5. The van der Waals surface area contributed by atoms with E-state index in [9.17, 15) is 19.2 Å². The van der Waals surface area contributed by atoms with Crippen LogP contribution in [-0.4, -0.2) is 73.8 Å². The molecule has 1 atom stereocenters. The molecule has 0 saturated carbocycles. The predicted molar refractivity (Wildman–Crippen MR) is 135 cm³/mol. The lowest BCUT2D eigenvalue weighted by molar-refractivity contribution is -0.133. The van der Waals surface area contributed by atoms with Crippen molar-refractivity contribution in [1.29, 1.82) is 0 Å². The number of aliphatic hydroxyl groups excluding tert-OH is 1. The van der Waals surface area contributed by atoms with Crippen molar-refractivity contribution in [2.45, 2.75) is 59.3 Å². The number of amides is 4. The fourth-order valence-electron chi connectivity index (χ4n) is 2.96. The van der Waals surface area contributed by atoms with Crippen molar-refractivity contribution in [2.75, 3.05) is 38.2 Å². The summed E-state index contributed by atoms with van der Waals surface area (Å²) in [7, 11) is 0. The quantitative estimate of drug-likeness (QED) is 0.153. The summed E-state index contributed by atoms with van der Waals surface area (Å²) in [6.07, 6.45) is 1.06. The van der Waals surface area contributed by atoms with Crippen LogP contribution >= 0.6 is 0 Å². The van der Waals surface area contributed by atoms with Gasteiger partial charge in [0, 0.05) is 24.3 Å². The van der Waals surface area contributed by atoms with E-state index in [0.29, 0.717) is 44.9 Å². The summed E-state index contributed by atoms with van der Waals surface area (Å²) in [5.74, 6) is -1.20. The molecule has 0 fully saturated rings. The fraction of sp³-hybridized carbons (Fsp3) is 0.600. The van der Waals surface area contributed by atoms with Crippen molar-refractivity contribution >= 4 is 29.8 Å². The number of carbonyl (C=O) groups excluding carboxylic acids is 4. The standard InChI is InChI=1S/C25H40N4O7/c1-18(22(33)29-20-8-6-19(15-30)7-9-20)28-21(32)14-27-23(34)24(2,3)10-11-35-12-13-36-25(4,5)16-26-17-31/h6-9,17-18,30H,10-16H2,1-5H3,(H,26,31)(H,27,34)(H,28,32)(H,29,33). The maximum absolute atomic E-state index is 12.5. The molecule has 0 aliphatic rings. The summed E-state index contributed by atoms with van der Waals surface area (Å²) in [6, 6.07) is 5.88. The van der Waals surface area contributed by atoms with Gasteiger partial charge in [0.1, 0.15) is 6.04 Å². The summed E-state index contributed by atoms with van der Waals surface area (Å²) < 4.78 is 11.2. The second-order valence-corrected chi connectivity index (χ2v) is 9.67. The second-order valence-electron chi connectivity index (χ2n) is 9.67. The Morgan fingerprint density at radius 3 is 2.33 bits per heavy atom. The molecule has 11 nitrogen and oxygen atoms in total. The van der Waals surface area contributed by atoms with E-state index in [2.05, 4.69) is 21.3 Å². The number of benzene rings is 1. The van der Waals surface area contributed by atoms with Gasteiger partial charge in [0.2, 0.25) is 24.1 Å². The summed E-state index contributed by atoms with van der Waals surface area (Å²) >= 11 is 0. The van der Waals surface area contributed by atoms with Gasteiger partial charge < -0.3 is 35.8 Å². The highest BCUT2D eigenvalue weighted by Gasteiger charge is 2.28. The maximum atomic E-state index is 12.5. The van der Waals surface area contributed by atoms with Crippen LogP contribution in [0.4, 0.5) is 5.69 Å². The summed E-state index contributed by atoms with van der Waals surface area (Å²) in [5.41, 5.74) is -0.00916. The number of aliphatic hydroxyl groups is 1. The molecule has 0 heterocycles. The number of hydrogen-bond acceptors (Lipinski definition) is 7. The minimum atomic E-state index is -0.810. The number of ether oxygens (including phenoxy) is 2. The van der Waals surface area contributed by atoms with Crippen molar-refractivity contribution in [2.24, 2.45) is 5.41 Å². The Balaban J connectivity index is 2.30. The third-order valence-corrected chi connectivity index (χ3v) is 5.40. The number of nitrogens with one attached hydrogen (secondary N) is 4. The zero-order valence-corrected chi connectivity index (χ0v) is 21.8. The minimum absolute atomic E-state index is 0.0912. The first-order valence-corrected chi connectivity index (χ1v) is 11.9. The van der Waals surface area contributed by atoms with Gasteiger partial charge in [-0.05, 0) is 44.9 Å². The van der Waals surface area contributed by atoms with Crippen molar-refractivity contribution in [3.05, 3.63) is 29.8 Å². The lowest BCUT2D eigenvalue weighted by atomic mass is 9.88. The molecule has 0 aromatic heterocycles. The van der Waals surface area contributed by atoms with Crippen LogP contribution < -0.4 is 21.3 Å². The van der Waals surface area contributed by atoms with E-state index in [4.69, 9.17) is 14.6 Å². The Morgan fingerprint density at radius 2 is 1.72 bits per heavy atom. The molecule has 5 N–H and O–H groups in total. The average molecular weight is 509 g/mol. The Bertz CT molecular complexity index is 856. The first kappa shape index (κ1) is 31.0. The molecular weight excluding hydrogens is 468 g/mol. The van der Waals surface area contributed by atoms with E-state index in [0.717, 1.165) is 5.56 Å². The molecule has 1 aromatic carbocycles. The van der Waals surface area contributed by atoms with Crippen molar-refractivity contribution in [3.63, 3.8) is 0 Å². The van der Waals surface area contributed by atoms with Crippen LogP contribution in [0.1, 0.15) is 46.6 Å². The molecule has 1 aromatic rings. The van der Waals surface area contributed by atoms with Gasteiger partial charge in [-0.15, -0.1) is 0 Å². The van der Waals surface area contributed by atoms with E-state index in [1.165, 1.54) is 0 Å². The number of anilines is 1. The van der Waals surface area contributed by atoms with Crippen LogP contribution in [0.15, 0.2) is 24.3 Å². The molecule has 1 rings (SSSR count). The second kappa shape index (κ2) is 15.2. The molecule has 36 heavy (non-hydrogen) atoms. The first-order chi connectivity index (χ1) is 16.9. The van der Waals surface area contributed by atoms with Gasteiger partial charge >= 0.3 is 0 Å². The highest BCUT2D eigenvalue weighted by atomic mass is 16.5. The van der Waals surface area contributed by atoms with E-state index >= 15 is 0 Å². The summed E-state index contributed by atoms with van der Waals surface area (Å²) in [6.45, 7) is 9.84. The predicted octanol–water partition coefficient (Wildman–Crippen LogP) is 0.712. The monoisotopic (exact) mass is 508 g/mol. The normalized spacial score (nSPS) is 12.4. The Labute approximate surface area is 212 Å². The van der Waals surface area contributed by atoms with Gasteiger partial charge in [0.05, 0.1) is 32.0 Å². The van der Waals surface area contributed by atoms with Crippen LogP contribution in [-0.2, 0) is 35.3 Å². The molecule has 11 heteroatoms. The average Bonchev–Trinajstić information content (AvgIpc) is 2.83. The third-order valence-electron chi connectivity index (χ3n) is 5.40. The van der Waals surface area contributed by atoms with Gasteiger partial charge in [0.15, 0.2) is 0 Å². The maximum Gasteiger partial charge on any atom is 0.246 e. The van der Waals surface area contributed by atoms with E-state index in [1.807, 2.05) is 13.8 Å². The summed E-state index contributed by atoms with van der Waals surface area (Å²) in [4.78, 5) is 47.4. The molecule has 0 spiro atoms. The van der Waals surface area contributed by atoms with Crippen LogP contribution in [0, 0.1) is 5.41 Å². The number of carbonyl (C=O) groups is 4. The Morgan fingerprint density at radius 1 is 1.06 bits per heavy atom. The lowest BCUT2D eigenvalue weighted by Crippen LogP contribution is -2.47. The van der Waals surface area contributed by atoms with Crippen LogP contribution in [0.2, 0.25) is 0 Å². The van der Waals surface area contributed by atoms with Gasteiger partial charge in [-0.25, -0.2) is 0 Å². The van der Waals surface area contributed by atoms with Gasteiger partial charge in [-0.3, -0.25) is 19.2 Å². The van der Waals surface area contributed by atoms with Gasteiger partial charge in [-0.2, -0.15) is 0 Å². The highest BCUT2D eigenvalue weighted by molar-refractivity contribution is 5.97. The Kier molecular flexibility index (Phi) is 13.1. The SMILES string of the molecule is CC(NC(=O)CNC(=O)C(C)(C)CCOCCOC(C)(C)CNC=O)C(=O)Nc1ccc(CO)cc1. The molecule has 202 valence electrons. The van der Waals surface area contributed by atoms with Crippen molar-refractivity contribution < 1.29 is 33.8 Å². The molecule has 0 radical (unpaired) electrons. The molecule has 0 aliphatic carbocycles. The highest BCUT2D eigenvalue weighted by Crippen LogP contribution is 2.20. The van der Waals surface area contributed by atoms with E-state index in [-0.39, 0.29) is 19.1 Å². The van der Waals surface area contributed by atoms with Crippen LogP contribution in [0.3, 0.4) is 0 Å². The molecule has 1 unspecified atom stereocenters. The largest absolute Gasteiger partial charge is 0.392 e. The molecular formula is C25H40N4O7. The van der Waals surface area contributed by atoms with Crippen molar-refractivity contribution in [3.8, 4) is 0 Å². The third kappa shape index (κ3) is 12.1. The van der Waals surface area contributed by atoms with E-state index in [1.54, 1.807) is 45.0 Å². The number of rotatable bonds is 17. The zero-order chi connectivity index (χ0) is 27.2. The first-order valence-electron chi connectivity index (χ1n) is 11.9. The molecule has 4 amide bonds. The van der Waals surface area contributed by atoms with Crippen LogP contribution in [0.25, 0.3) is 0 Å². The minimum Gasteiger partial charge on any atom is -0.392 e.